The van der Waals surface area contributed by atoms with Gasteiger partial charge in [-0.2, -0.15) is 0 Å². The summed E-state index contributed by atoms with van der Waals surface area (Å²) in [6.07, 6.45) is 1.01. The number of halogens is 3. The minimum absolute atomic E-state index is 0.0709. The quantitative estimate of drug-likeness (QED) is 0.799. The van der Waals surface area contributed by atoms with Gasteiger partial charge >= 0.3 is 0 Å². The summed E-state index contributed by atoms with van der Waals surface area (Å²) in [4.78, 5) is 12.6. The lowest BCUT2D eigenvalue weighted by molar-refractivity contribution is -0.117. The Labute approximate surface area is 155 Å². The van der Waals surface area contributed by atoms with Crippen LogP contribution in [0.4, 0.5) is 20.2 Å². The van der Waals surface area contributed by atoms with Crippen molar-refractivity contribution in [3.8, 4) is 0 Å². The molecule has 1 N–H and O–H groups in total. The van der Waals surface area contributed by atoms with Gasteiger partial charge in [0.2, 0.25) is 15.9 Å². The highest BCUT2D eigenvalue weighted by Crippen LogP contribution is 2.26. The number of hydrogen-bond acceptors (Lipinski definition) is 3. The van der Waals surface area contributed by atoms with Gasteiger partial charge in [-0.15, -0.1) is 0 Å². The molecule has 26 heavy (non-hydrogen) atoms. The van der Waals surface area contributed by atoms with Crippen molar-refractivity contribution in [3.63, 3.8) is 0 Å². The maximum atomic E-state index is 13.8. The van der Waals surface area contributed by atoms with Gasteiger partial charge < -0.3 is 5.32 Å². The third-order valence-corrected chi connectivity index (χ3v) is 5.02. The predicted molar refractivity (Wildman–Crippen MR) is 97.8 cm³/mol. The van der Waals surface area contributed by atoms with Crippen LogP contribution in [0.15, 0.2) is 42.5 Å². The zero-order valence-corrected chi connectivity index (χ0v) is 15.6. The first-order valence-corrected chi connectivity index (χ1v) is 9.87. The van der Waals surface area contributed by atoms with Gasteiger partial charge in [-0.05, 0) is 36.8 Å². The van der Waals surface area contributed by atoms with Crippen LogP contribution < -0.4 is 9.62 Å². The molecular formula is C17H17ClF2N2O3S. The molecule has 0 fully saturated rings. The summed E-state index contributed by atoms with van der Waals surface area (Å²) < 4.78 is 53.0. The van der Waals surface area contributed by atoms with Crippen LogP contribution >= 0.6 is 11.6 Å². The van der Waals surface area contributed by atoms with Crippen molar-refractivity contribution >= 4 is 38.9 Å². The summed E-state index contributed by atoms with van der Waals surface area (Å²) in [5.41, 5.74) is -0.452. The Morgan fingerprint density at radius 1 is 1.19 bits per heavy atom. The molecule has 2 aromatic carbocycles. The van der Waals surface area contributed by atoms with E-state index >= 15 is 0 Å². The number of carbonyl (C=O) groups is 1. The topological polar surface area (TPSA) is 66.5 Å². The molecule has 5 nitrogen and oxygen atoms in total. The zero-order chi connectivity index (χ0) is 19.5. The van der Waals surface area contributed by atoms with E-state index < -0.39 is 39.3 Å². The molecule has 0 radical (unpaired) electrons. The largest absolute Gasteiger partial charge is 0.319 e. The summed E-state index contributed by atoms with van der Waals surface area (Å²) in [5, 5.41) is 2.42. The molecule has 0 aliphatic carbocycles. The SMILES string of the molecule is CC[C@@H](C(=O)Nc1c(F)cccc1F)N(c1cccc(Cl)c1)S(C)(=O)=O. The van der Waals surface area contributed by atoms with Gasteiger partial charge in [0.05, 0.1) is 11.9 Å². The summed E-state index contributed by atoms with van der Waals surface area (Å²) in [6, 6.07) is 7.89. The Balaban J connectivity index is 2.43. The summed E-state index contributed by atoms with van der Waals surface area (Å²) in [6.45, 7) is 1.59. The fraction of sp³-hybridized carbons (Fsp3) is 0.235. The second-order valence-electron chi connectivity index (χ2n) is 5.55. The third kappa shape index (κ3) is 4.50. The monoisotopic (exact) mass is 402 g/mol. The first-order valence-electron chi connectivity index (χ1n) is 7.65. The van der Waals surface area contributed by atoms with Crippen molar-refractivity contribution in [1.82, 2.24) is 0 Å². The smallest absolute Gasteiger partial charge is 0.248 e. The molecule has 0 bridgehead atoms. The van der Waals surface area contributed by atoms with E-state index in [-0.39, 0.29) is 17.1 Å². The molecule has 0 aliphatic rings. The van der Waals surface area contributed by atoms with E-state index in [1.54, 1.807) is 13.0 Å². The number of nitrogens with one attached hydrogen (secondary N) is 1. The van der Waals surface area contributed by atoms with Gasteiger partial charge in [0.25, 0.3) is 0 Å². The Bertz CT molecular complexity index is 902. The fourth-order valence-electron chi connectivity index (χ4n) is 2.50. The first-order chi connectivity index (χ1) is 12.1. The number of benzene rings is 2. The van der Waals surface area contributed by atoms with Crippen LogP contribution in [-0.2, 0) is 14.8 Å². The predicted octanol–water partition coefficient (Wildman–Crippen LogP) is 3.80. The lowest BCUT2D eigenvalue weighted by Gasteiger charge is -2.30. The van der Waals surface area contributed by atoms with E-state index in [0.29, 0.717) is 0 Å². The van der Waals surface area contributed by atoms with Gasteiger partial charge in [0.1, 0.15) is 23.4 Å². The fourth-order valence-corrected chi connectivity index (χ4v) is 3.89. The molecule has 2 rings (SSSR count). The second-order valence-corrected chi connectivity index (χ2v) is 7.84. The maximum absolute atomic E-state index is 13.8. The lowest BCUT2D eigenvalue weighted by atomic mass is 10.1. The number of anilines is 2. The van der Waals surface area contributed by atoms with Crippen LogP contribution in [0, 0.1) is 11.6 Å². The standard InChI is InChI=1S/C17H17ClF2N2O3S/c1-3-15(17(23)21-16-13(19)8-5-9-14(16)20)22(26(2,24)25)12-7-4-6-11(18)10-12/h4-10,15H,3H2,1-2H3,(H,21,23)/t15-/m0/s1. The van der Waals surface area contributed by atoms with E-state index in [0.717, 1.165) is 28.8 Å². The molecule has 1 amide bonds. The van der Waals surface area contributed by atoms with Gasteiger partial charge in [-0.3, -0.25) is 9.10 Å². The average molecular weight is 403 g/mol. The van der Waals surface area contributed by atoms with E-state index in [1.807, 2.05) is 0 Å². The number of carbonyl (C=O) groups excluding carboxylic acids is 1. The maximum Gasteiger partial charge on any atom is 0.248 e. The molecule has 2 aromatic rings. The number of hydrogen-bond donors (Lipinski definition) is 1. The Hall–Kier alpha value is -2.19. The molecule has 9 heteroatoms. The number of para-hydroxylation sites is 1. The van der Waals surface area contributed by atoms with Crippen molar-refractivity contribution in [2.24, 2.45) is 0 Å². The number of sulfonamides is 1. The van der Waals surface area contributed by atoms with Crippen LogP contribution in [0.2, 0.25) is 5.02 Å². The van der Waals surface area contributed by atoms with Gasteiger partial charge in [0, 0.05) is 5.02 Å². The van der Waals surface area contributed by atoms with Crippen molar-refractivity contribution in [2.75, 3.05) is 15.9 Å². The van der Waals surface area contributed by atoms with Crippen molar-refractivity contribution < 1.29 is 22.0 Å². The van der Waals surface area contributed by atoms with Gasteiger partial charge in [-0.1, -0.05) is 30.7 Å². The Kier molecular flexibility index (Phi) is 6.20. The van der Waals surface area contributed by atoms with Gasteiger partial charge in [-0.25, -0.2) is 17.2 Å². The first kappa shape index (κ1) is 20.1. The highest BCUT2D eigenvalue weighted by atomic mass is 35.5. The summed E-state index contributed by atoms with van der Waals surface area (Å²) in [5.74, 6) is -2.77. The van der Waals surface area contributed by atoms with Crippen molar-refractivity contribution in [3.05, 3.63) is 59.1 Å². The number of rotatable bonds is 6. The minimum atomic E-state index is -3.88. The van der Waals surface area contributed by atoms with Crippen LogP contribution in [0.25, 0.3) is 0 Å². The molecular weight excluding hydrogens is 386 g/mol. The highest BCUT2D eigenvalue weighted by molar-refractivity contribution is 7.92. The molecule has 0 aromatic heterocycles. The molecule has 0 aliphatic heterocycles. The number of nitrogens with zero attached hydrogens (tertiary/aromatic N) is 1. The Morgan fingerprint density at radius 2 is 1.77 bits per heavy atom. The van der Waals surface area contributed by atoms with Crippen LogP contribution in [0.3, 0.4) is 0 Å². The normalized spacial score (nSPS) is 12.5. The molecule has 0 spiro atoms. The molecule has 0 heterocycles. The zero-order valence-electron chi connectivity index (χ0n) is 14.0. The van der Waals surface area contributed by atoms with E-state index in [4.69, 9.17) is 11.6 Å². The summed E-state index contributed by atoms with van der Waals surface area (Å²) in [7, 11) is -3.88. The molecule has 0 unspecified atom stereocenters. The highest BCUT2D eigenvalue weighted by Gasteiger charge is 2.32. The van der Waals surface area contributed by atoms with E-state index in [2.05, 4.69) is 5.32 Å². The lowest BCUT2D eigenvalue weighted by Crippen LogP contribution is -2.47. The molecule has 1 atom stereocenters. The van der Waals surface area contributed by atoms with Crippen LogP contribution in [-0.4, -0.2) is 26.6 Å². The van der Waals surface area contributed by atoms with Crippen LogP contribution in [0.5, 0.6) is 0 Å². The van der Waals surface area contributed by atoms with Crippen molar-refractivity contribution in [2.45, 2.75) is 19.4 Å². The summed E-state index contributed by atoms with van der Waals surface area (Å²) >= 11 is 5.92. The second kappa shape index (κ2) is 8.01. The minimum Gasteiger partial charge on any atom is -0.319 e. The molecule has 0 saturated carbocycles. The third-order valence-electron chi connectivity index (χ3n) is 3.60. The van der Waals surface area contributed by atoms with Crippen molar-refractivity contribution in [1.29, 1.82) is 0 Å². The molecule has 0 saturated heterocycles. The van der Waals surface area contributed by atoms with Crippen LogP contribution in [0.1, 0.15) is 13.3 Å². The molecule has 140 valence electrons. The van der Waals surface area contributed by atoms with E-state index in [1.165, 1.54) is 18.2 Å². The average Bonchev–Trinajstić information content (AvgIpc) is 2.54. The number of amides is 1. The van der Waals surface area contributed by atoms with E-state index in [9.17, 15) is 22.0 Å². The Morgan fingerprint density at radius 3 is 2.27 bits per heavy atom. The van der Waals surface area contributed by atoms with Gasteiger partial charge in [0.15, 0.2) is 0 Å².